The molecule has 37 heavy (non-hydrogen) atoms. The fourth-order valence-corrected chi connectivity index (χ4v) is 4.38. The van der Waals surface area contributed by atoms with Gasteiger partial charge < -0.3 is 24.9 Å². The number of likely N-dealkylation sites (tertiary alicyclic amines) is 1. The summed E-state index contributed by atoms with van der Waals surface area (Å²) in [5, 5.41) is 0.616. The minimum absolute atomic E-state index is 0.468. The number of carbonyl (C=O) groups excluding carboxylic acids is 1. The minimum Gasteiger partial charge on any atom is -0.497 e. The van der Waals surface area contributed by atoms with E-state index in [0.29, 0.717) is 34.4 Å². The van der Waals surface area contributed by atoms with Crippen LogP contribution in [0, 0.1) is 0 Å². The topological polar surface area (TPSA) is 107 Å². The molecule has 2 heterocycles. The number of benzene rings is 2. The molecule has 0 spiro atoms. The number of alkyl halides is 3. The third-order valence-electron chi connectivity index (χ3n) is 6.36. The Morgan fingerprint density at radius 1 is 1.05 bits per heavy atom. The zero-order chi connectivity index (χ0) is 26.6. The molecule has 2 aromatic carbocycles. The molecule has 0 radical (unpaired) electrons. The Bertz CT molecular complexity index is 1090. The number of anilines is 1. The number of rotatable bonds is 8. The van der Waals surface area contributed by atoms with Crippen LogP contribution in [0.15, 0.2) is 60.8 Å². The average molecular weight is 522 g/mol. The first-order valence-corrected chi connectivity index (χ1v) is 11.8. The number of ether oxygens (including phenoxy) is 2. The van der Waals surface area contributed by atoms with Crippen LogP contribution in [0.2, 0.25) is 0 Å². The van der Waals surface area contributed by atoms with Gasteiger partial charge in [-0.05, 0) is 74.0 Å². The Kier molecular flexibility index (Phi) is 7.81. The van der Waals surface area contributed by atoms with Gasteiger partial charge in [-0.25, -0.2) is 4.79 Å². The van der Waals surface area contributed by atoms with Crippen molar-refractivity contribution >= 4 is 11.7 Å². The van der Waals surface area contributed by atoms with E-state index in [9.17, 15) is 18.0 Å². The zero-order valence-corrected chi connectivity index (χ0v) is 20.4. The van der Waals surface area contributed by atoms with Crippen LogP contribution >= 0.6 is 0 Å². The highest BCUT2D eigenvalue weighted by atomic mass is 19.4. The monoisotopic (exact) mass is 521 g/mol. The summed E-state index contributed by atoms with van der Waals surface area (Å²) in [6.07, 6.45) is -1.66. The lowest BCUT2D eigenvalue weighted by molar-refractivity contribution is -0.237. The number of hydroxylamine groups is 2. The molecule has 200 valence electrons. The van der Waals surface area contributed by atoms with Crippen LogP contribution in [-0.4, -0.2) is 61.7 Å². The van der Waals surface area contributed by atoms with Gasteiger partial charge in [-0.3, -0.25) is 10.6 Å². The standard InChI is InChI=1S/C25H30F3N5O4/c1-35-20-8-4-18(5-9-20)24(30)12-15-32(37-22(34)25(26,27)28)23(29)33(24)19-6-10-21(11-7-19)36-17-16-31-13-2-3-14-31/h4-12,15,23H,2-3,13-14,16-17,29-30H2,1H3. The van der Waals surface area contributed by atoms with Gasteiger partial charge in [0.15, 0.2) is 6.29 Å². The Hall–Kier alpha value is -3.48. The summed E-state index contributed by atoms with van der Waals surface area (Å²) in [7, 11) is 1.53. The fourth-order valence-electron chi connectivity index (χ4n) is 4.38. The van der Waals surface area contributed by atoms with Crippen molar-refractivity contribution in [2.24, 2.45) is 11.5 Å². The van der Waals surface area contributed by atoms with Crippen molar-refractivity contribution in [3.63, 3.8) is 0 Å². The van der Waals surface area contributed by atoms with Crippen LogP contribution < -0.4 is 25.8 Å². The third-order valence-corrected chi connectivity index (χ3v) is 6.36. The summed E-state index contributed by atoms with van der Waals surface area (Å²) in [4.78, 5) is 19.8. The molecule has 0 bridgehead atoms. The molecule has 0 aliphatic carbocycles. The van der Waals surface area contributed by atoms with Crippen molar-refractivity contribution in [1.82, 2.24) is 9.96 Å². The molecule has 0 aromatic heterocycles. The van der Waals surface area contributed by atoms with E-state index in [1.54, 1.807) is 48.5 Å². The minimum atomic E-state index is -5.19. The molecule has 9 nitrogen and oxygen atoms in total. The molecular weight excluding hydrogens is 491 g/mol. The summed E-state index contributed by atoms with van der Waals surface area (Å²) < 4.78 is 49.6. The summed E-state index contributed by atoms with van der Waals surface area (Å²) in [6, 6.07) is 13.7. The molecule has 2 aliphatic rings. The van der Waals surface area contributed by atoms with E-state index in [1.165, 1.54) is 30.9 Å². The van der Waals surface area contributed by atoms with E-state index in [4.69, 9.17) is 20.9 Å². The Morgan fingerprint density at radius 2 is 1.68 bits per heavy atom. The van der Waals surface area contributed by atoms with E-state index >= 15 is 0 Å². The molecule has 2 aromatic rings. The number of hydrogen-bond donors (Lipinski definition) is 2. The second-order valence-corrected chi connectivity index (χ2v) is 8.78. The number of methoxy groups -OCH3 is 1. The first-order valence-electron chi connectivity index (χ1n) is 11.8. The molecule has 0 saturated carbocycles. The maximum absolute atomic E-state index is 12.9. The summed E-state index contributed by atoms with van der Waals surface area (Å²) in [6.45, 7) is 3.50. The van der Waals surface area contributed by atoms with Gasteiger partial charge in [-0.2, -0.15) is 18.2 Å². The lowest BCUT2D eigenvalue weighted by Gasteiger charge is -2.49. The van der Waals surface area contributed by atoms with E-state index < -0.39 is 24.1 Å². The van der Waals surface area contributed by atoms with E-state index in [2.05, 4.69) is 9.74 Å². The first-order chi connectivity index (χ1) is 17.6. The normalized spacial score (nSPS) is 22.3. The van der Waals surface area contributed by atoms with Gasteiger partial charge in [-0.1, -0.05) is 12.1 Å². The van der Waals surface area contributed by atoms with Gasteiger partial charge in [-0.15, -0.1) is 0 Å². The molecule has 2 atom stereocenters. The van der Waals surface area contributed by atoms with Crippen LogP contribution in [0.25, 0.3) is 0 Å². The van der Waals surface area contributed by atoms with Crippen molar-refractivity contribution in [3.05, 3.63) is 66.4 Å². The van der Waals surface area contributed by atoms with Crippen molar-refractivity contribution in [3.8, 4) is 11.5 Å². The number of carbonyl (C=O) groups is 1. The molecule has 4 rings (SSSR count). The second-order valence-electron chi connectivity index (χ2n) is 8.78. The molecule has 4 N–H and O–H groups in total. The van der Waals surface area contributed by atoms with Gasteiger partial charge in [0, 0.05) is 18.4 Å². The van der Waals surface area contributed by atoms with Crippen LogP contribution in [0.4, 0.5) is 18.9 Å². The second kappa shape index (κ2) is 10.9. The van der Waals surface area contributed by atoms with Crippen molar-refractivity contribution in [1.29, 1.82) is 0 Å². The molecule has 12 heteroatoms. The summed E-state index contributed by atoms with van der Waals surface area (Å²) in [5.41, 5.74) is 12.8. The van der Waals surface area contributed by atoms with Gasteiger partial charge in [0.1, 0.15) is 23.8 Å². The van der Waals surface area contributed by atoms with Crippen molar-refractivity contribution in [2.75, 3.05) is 38.3 Å². The molecule has 0 amide bonds. The summed E-state index contributed by atoms with van der Waals surface area (Å²) >= 11 is 0. The van der Waals surface area contributed by atoms with Gasteiger partial charge in [0.2, 0.25) is 0 Å². The molecule has 2 aliphatic heterocycles. The maximum atomic E-state index is 12.9. The Balaban J connectivity index is 1.59. The number of hydrogen-bond acceptors (Lipinski definition) is 9. The lowest BCUT2D eigenvalue weighted by Crippen LogP contribution is -2.67. The Morgan fingerprint density at radius 3 is 2.27 bits per heavy atom. The van der Waals surface area contributed by atoms with Crippen molar-refractivity contribution < 1.29 is 32.3 Å². The average Bonchev–Trinajstić information content (AvgIpc) is 3.40. The molecular formula is C25H30F3N5O4. The molecule has 2 unspecified atom stereocenters. The third kappa shape index (κ3) is 5.92. The quantitative estimate of drug-likeness (QED) is 0.542. The van der Waals surface area contributed by atoms with E-state index in [-0.39, 0.29) is 0 Å². The summed E-state index contributed by atoms with van der Waals surface area (Å²) in [5.74, 6) is -1.18. The fraction of sp³-hybridized carbons (Fsp3) is 0.400. The number of nitrogens with zero attached hydrogens (tertiary/aromatic N) is 3. The van der Waals surface area contributed by atoms with Crippen LogP contribution in [-0.2, 0) is 15.3 Å². The van der Waals surface area contributed by atoms with Crippen LogP contribution in [0.1, 0.15) is 18.4 Å². The Labute approximate surface area is 212 Å². The maximum Gasteiger partial charge on any atom is 0.493 e. The highest BCUT2D eigenvalue weighted by Crippen LogP contribution is 2.37. The van der Waals surface area contributed by atoms with E-state index in [0.717, 1.165) is 25.8 Å². The highest BCUT2D eigenvalue weighted by Gasteiger charge is 2.46. The van der Waals surface area contributed by atoms with E-state index in [1.807, 2.05) is 0 Å². The van der Waals surface area contributed by atoms with Gasteiger partial charge >= 0.3 is 12.1 Å². The van der Waals surface area contributed by atoms with Crippen LogP contribution in [0.5, 0.6) is 11.5 Å². The lowest BCUT2D eigenvalue weighted by atomic mass is 9.95. The number of halogens is 3. The van der Waals surface area contributed by atoms with Crippen LogP contribution in [0.3, 0.4) is 0 Å². The smallest absolute Gasteiger partial charge is 0.493 e. The zero-order valence-electron chi connectivity index (χ0n) is 20.4. The van der Waals surface area contributed by atoms with Crippen molar-refractivity contribution in [2.45, 2.75) is 31.0 Å². The predicted molar refractivity (Wildman–Crippen MR) is 130 cm³/mol. The highest BCUT2D eigenvalue weighted by molar-refractivity contribution is 5.75. The predicted octanol–water partition coefficient (Wildman–Crippen LogP) is 2.88. The first kappa shape index (κ1) is 26.6. The van der Waals surface area contributed by atoms with Gasteiger partial charge in [0.05, 0.1) is 7.11 Å². The molecule has 1 saturated heterocycles. The SMILES string of the molecule is COc1ccc(C2(N)C=CN(OC(=O)C(F)(F)F)C(N)N2c2ccc(OCCN3CCCC3)cc2)cc1. The molecule has 1 fully saturated rings. The largest absolute Gasteiger partial charge is 0.497 e. The van der Waals surface area contributed by atoms with Gasteiger partial charge in [0.25, 0.3) is 0 Å². The number of nitrogens with two attached hydrogens (primary N) is 2.